The summed E-state index contributed by atoms with van der Waals surface area (Å²) in [5, 5.41) is 1.99. The Morgan fingerprint density at radius 3 is 2.21 bits per heavy atom. The third-order valence-corrected chi connectivity index (χ3v) is 8.53. The molecule has 0 saturated heterocycles. The number of benzene rings is 1. The van der Waals surface area contributed by atoms with Gasteiger partial charge in [0.2, 0.25) is 5.51 Å². The van der Waals surface area contributed by atoms with Gasteiger partial charge in [-0.3, -0.25) is 9.42 Å². The molecule has 7 nitrogen and oxygen atoms in total. The second-order valence-corrected chi connectivity index (χ2v) is 13.4. The number of hydrogen-bond donors (Lipinski definition) is 1. The number of nitrogens with zero attached hydrogens (tertiary/aromatic N) is 1. The van der Waals surface area contributed by atoms with E-state index in [1.807, 2.05) is 34.6 Å². The molecule has 0 radical (unpaired) electrons. The minimum atomic E-state index is -4.34. The van der Waals surface area contributed by atoms with Gasteiger partial charge in [-0.1, -0.05) is 126 Å². The second kappa shape index (κ2) is 22.9. The predicted octanol–water partition coefficient (Wildman–Crippen LogP) is 9.04. The van der Waals surface area contributed by atoms with Crippen LogP contribution in [0.3, 0.4) is 0 Å². The SMILES string of the molecule is C=C(C)COC(COCCCCCCCCCCCCCCCC)COP(=O)(O)Oc1cccc(C[n+]2ccsc2)c1. The summed E-state index contributed by atoms with van der Waals surface area (Å²) in [5.41, 5.74) is 3.81. The molecule has 2 unspecified atom stereocenters. The lowest BCUT2D eigenvalue weighted by Crippen LogP contribution is -2.30. The van der Waals surface area contributed by atoms with Gasteiger partial charge >= 0.3 is 7.82 Å². The van der Waals surface area contributed by atoms with Crippen LogP contribution < -0.4 is 9.09 Å². The Balaban J connectivity index is 1.59. The first-order valence-electron chi connectivity index (χ1n) is 15.9. The standard InChI is InChI=1S/C33H54NO6PS/c1-4-5-6-7-8-9-10-11-12-13-14-15-16-17-22-37-27-33(38-26-30(2)3)28-39-41(35,36)40-32-20-18-19-31(24-32)25-34-21-23-42-29-34/h18-21,23-24,29,33H,2,4-17,22,25-28H2,1,3H3/p+1. The summed E-state index contributed by atoms with van der Waals surface area (Å²) < 4.78 is 37.0. The van der Waals surface area contributed by atoms with Gasteiger partial charge in [-0.05, 0) is 25.5 Å². The molecule has 1 aromatic heterocycles. The predicted molar refractivity (Wildman–Crippen MR) is 172 cm³/mol. The molecule has 0 aliphatic carbocycles. The Labute approximate surface area is 258 Å². The van der Waals surface area contributed by atoms with E-state index in [9.17, 15) is 9.46 Å². The number of rotatable bonds is 27. The first-order valence-corrected chi connectivity index (χ1v) is 18.3. The number of thiazole rings is 1. The first kappa shape index (κ1) is 36.7. The van der Waals surface area contributed by atoms with Crippen molar-refractivity contribution in [2.24, 2.45) is 0 Å². The summed E-state index contributed by atoms with van der Waals surface area (Å²) in [6.07, 6.45) is 19.9. The fraction of sp³-hybridized carbons (Fsp3) is 0.667. The lowest BCUT2D eigenvalue weighted by atomic mass is 10.0. The van der Waals surface area contributed by atoms with Crippen molar-refractivity contribution in [2.75, 3.05) is 26.4 Å². The van der Waals surface area contributed by atoms with E-state index >= 15 is 0 Å². The van der Waals surface area contributed by atoms with Crippen LogP contribution in [0.2, 0.25) is 0 Å². The van der Waals surface area contributed by atoms with E-state index in [4.69, 9.17) is 18.5 Å². The van der Waals surface area contributed by atoms with Crippen LogP contribution in [-0.2, 0) is 25.1 Å². The Morgan fingerprint density at radius 2 is 1.62 bits per heavy atom. The maximum atomic E-state index is 12.7. The van der Waals surface area contributed by atoms with Gasteiger partial charge < -0.3 is 14.0 Å². The molecule has 9 heteroatoms. The molecule has 0 aliphatic rings. The van der Waals surface area contributed by atoms with E-state index in [0.717, 1.165) is 24.0 Å². The quantitative estimate of drug-likeness (QED) is 0.0463. The molecule has 0 fully saturated rings. The maximum Gasteiger partial charge on any atom is 0.527 e. The minimum Gasteiger partial charge on any atom is -0.404 e. The number of phosphoric ester groups is 1. The first-order chi connectivity index (χ1) is 20.4. The molecule has 2 atom stereocenters. The van der Waals surface area contributed by atoms with Gasteiger partial charge in [0.1, 0.15) is 11.9 Å². The van der Waals surface area contributed by atoms with E-state index in [-0.39, 0.29) is 19.0 Å². The fourth-order valence-electron chi connectivity index (χ4n) is 4.62. The van der Waals surface area contributed by atoms with E-state index < -0.39 is 13.9 Å². The lowest BCUT2D eigenvalue weighted by molar-refractivity contribution is -0.683. The fourth-order valence-corrected chi connectivity index (χ4v) is 6.00. The summed E-state index contributed by atoms with van der Waals surface area (Å²) >= 11 is 1.60. The molecule has 1 aromatic carbocycles. The van der Waals surface area contributed by atoms with E-state index in [1.165, 1.54) is 77.0 Å². The molecule has 42 heavy (non-hydrogen) atoms. The van der Waals surface area contributed by atoms with Crippen molar-refractivity contribution in [3.63, 3.8) is 0 Å². The van der Waals surface area contributed by atoms with Crippen LogP contribution in [0.25, 0.3) is 0 Å². The highest BCUT2D eigenvalue weighted by Crippen LogP contribution is 2.44. The second-order valence-electron chi connectivity index (χ2n) is 11.3. The van der Waals surface area contributed by atoms with Crippen LogP contribution in [0, 0.1) is 0 Å². The van der Waals surface area contributed by atoms with Gasteiger partial charge in [-0.25, -0.2) is 4.57 Å². The number of aromatic nitrogens is 1. The Hall–Kier alpha value is -1.54. The molecule has 0 spiro atoms. The summed E-state index contributed by atoms with van der Waals surface area (Å²) in [5.74, 6) is 0.280. The van der Waals surface area contributed by atoms with Gasteiger partial charge in [0.15, 0.2) is 12.7 Å². The molecular weight excluding hydrogens is 569 g/mol. The van der Waals surface area contributed by atoms with Gasteiger partial charge in [-0.15, -0.1) is 0 Å². The smallest absolute Gasteiger partial charge is 0.404 e. The lowest BCUT2D eigenvalue weighted by Gasteiger charge is -2.20. The molecule has 0 amide bonds. The summed E-state index contributed by atoms with van der Waals surface area (Å²) in [6, 6.07) is 7.12. The monoisotopic (exact) mass is 624 g/mol. The van der Waals surface area contributed by atoms with Crippen LogP contribution in [-0.4, -0.2) is 37.4 Å². The van der Waals surface area contributed by atoms with Gasteiger partial charge in [0.05, 0.1) is 25.2 Å². The highest BCUT2D eigenvalue weighted by atomic mass is 32.1. The maximum absolute atomic E-state index is 12.7. The minimum absolute atomic E-state index is 0.121. The Bertz CT molecular complexity index is 1000. The van der Waals surface area contributed by atoms with Gasteiger partial charge in [0, 0.05) is 12.2 Å². The molecule has 1 heterocycles. The van der Waals surface area contributed by atoms with Crippen molar-refractivity contribution in [1.82, 2.24) is 0 Å². The Kier molecular flexibility index (Phi) is 20.0. The highest BCUT2D eigenvalue weighted by molar-refractivity contribution is 7.47. The zero-order chi connectivity index (χ0) is 30.3. The highest BCUT2D eigenvalue weighted by Gasteiger charge is 2.26. The normalized spacial score (nSPS) is 13.6. The molecule has 2 aromatic rings. The zero-order valence-electron chi connectivity index (χ0n) is 26.1. The zero-order valence-corrected chi connectivity index (χ0v) is 27.8. The van der Waals surface area contributed by atoms with Crippen molar-refractivity contribution >= 4 is 19.2 Å². The molecule has 0 saturated carbocycles. The van der Waals surface area contributed by atoms with Crippen molar-refractivity contribution < 1.29 is 32.5 Å². The average Bonchev–Trinajstić information content (AvgIpc) is 3.46. The molecule has 238 valence electrons. The van der Waals surface area contributed by atoms with E-state index in [2.05, 4.69) is 13.5 Å². The van der Waals surface area contributed by atoms with Crippen molar-refractivity contribution in [1.29, 1.82) is 0 Å². The van der Waals surface area contributed by atoms with Crippen LogP contribution in [0.5, 0.6) is 5.75 Å². The molecule has 0 aliphatic heterocycles. The van der Waals surface area contributed by atoms with Crippen LogP contribution in [0.4, 0.5) is 0 Å². The number of unbranched alkanes of at least 4 members (excludes halogenated alkanes) is 13. The van der Waals surface area contributed by atoms with Crippen molar-refractivity contribution in [3.05, 3.63) is 59.1 Å². The molecule has 2 rings (SSSR count). The van der Waals surface area contributed by atoms with E-state index in [1.54, 1.807) is 29.5 Å². The van der Waals surface area contributed by atoms with Gasteiger partial charge in [-0.2, -0.15) is 4.57 Å². The average molecular weight is 625 g/mol. The summed E-state index contributed by atoms with van der Waals surface area (Å²) in [4.78, 5) is 10.3. The summed E-state index contributed by atoms with van der Waals surface area (Å²) in [7, 11) is -4.34. The summed E-state index contributed by atoms with van der Waals surface area (Å²) in [6.45, 7) is 9.77. The van der Waals surface area contributed by atoms with Gasteiger partial charge in [0.25, 0.3) is 0 Å². The van der Waals surface area contributed by atoms with E-state index in [0.29, 0.717) is 19.8 Å². The molecule has 1 N–H and O–H groups in total. The largest absolute Gasteiger partial charge is 0.527 e. The third kappa shape index (κ3) is 18.9. The van der Waals surface area contributed by atoms with Crippen LogP contribution >= 0.6 is 19.2 Å². The number of phosphoric acid groups is 1. The van der Waals surface area contributed by atoms with Crippen molar-refractivity contribution in [3.8, 4) is 5.75 Å². The molecular formula is C33H55NO6PS+. The van der Waals surface area contributed by atoms with Crippen LogP contribution in [0.1, 0.15) is 109 Å². The van der Waals surface area contributed by atoms with Crippen LogP contribution in [0.15, 0.2) is 53.5 Å². The third-order valence-electron chi connectivity index (χ3n) is 6.95. The Morgan fingerprint density at radius 1 is 0.976 bits per heavy atom. The van der Waals surface area contributed by atoms with Crippen molar-refractivity contribution in [2.45, 2.75) is 116 Å². The topological polar surface area (TPSA) is 78.1 Å². The number of hydrogen-bond acceptors (Lipinski definition) is 6. The number of ether oxygens (including phenoxy) is 2. The molecule has 0 bridgehead atoms.